The zero-order valence-electron chi connectivity index (χ0n) is 61.8. The molecule has 0 radical (unpaired) electrons. The van der Waals surface area contributed by atoms with Crippen LogP contribution in [0, 0.1) is 56.9 Å². The third kappa shape index (κ3) is 17.8. The van der Waals surface area contributed by atoms with Crippen molar-refractivity contribution in [3.05, 3.63) is 306 Å². The van der Waals surface area contributed by atoms with Crippen molar-refractivity contribution in [1.29, 1.82) is 0 Å². The van der Waals surface area contributed by atoms with Crippen molar-refractivity contribution in [3.63, 3.8) is 0 Å². The van der Waals surface area contributed by atoms with E-state index in [0.29, 0.717) is 183 Å². The Balaban J connectivity index is 0.000000157. The Labute approximate surface area is 676 Å². The summed E-state index contributed by atoms with van der Waals surface area (Å²) >= 11 is 36.2. The van der Waals surface area contributed by atoms with Gasteiger partial charge in [-0.05, 0) is 149 Å². The molecular formula is C81H74Cl6FN13O12. The largest absolute Gasteiger partial charge is 0.362 e. The number of amides is 3. The van der Waals surface area contributed by atoms with Crippen LogP contribution in [0.1, 0.15) is 58.9 Å². The minimum atomic E-state index is -0.745. The first-order chi connectivity index (χ1) is 54.0. The van der Waals surface area contributed by atoms with Crippen molar-refractivity contribution >= 4 is 154 Å². The molecule has 3 aromatic heterocycles. The summed E-state index contributed by atoms with van der Waals surface area (Å²) in [5, 5.41) is 40.6. The van der Waals surface area contributed by atoms with Crippen LogP contribution < -0.4 is 31.4 Å². The van der Waals surface area contributed by atoms with Crippen molar-refractivity contribution in [2.75, 3.05) is 114 Å². The summed E-state index contributed by atoms with van der Waals surface area (Å²) < 4.78 is 17.7. The number of piperazine rings is 3. The van der Waals surface area contributed by atoms with Gasteiger partial charge in [0.05, 0.1) is 74.5 Å². The number of nitrogens with zero attached hydrogens (tertiary/aromatic N) is 13. The van der Waals surface area contributed by atoms with E-state index in [1.165, 1.54) is 44.0 Å². The fourth-order valence-electron chi connectivity index (χ4n) is 14.3. The second-order valence-corrected chi connectivity index (χ2v) is 30.2. The number of anilines is 3. The van der Waals surface area contributed by atoms with Crippen molar-refractivity contribution in [2.24, 2.45) is 0 Å². The lowest BCUT2D eigenvalue weighted by molar-refractivity contribution is -0.385. The highest BCUT2D eigenvalue weighted by Crippen LogP contribution is 2.40. The standard InChI is InChI=1S/C28H23Cl2FN4O4.C28H24Cl2N4O4.C25H27Cl2N5O4/c1-17-2-9-24-21(14-17)25(26(35(38)39)28(37)34(24)16-18-3-6-20(31)7-4-18)32-10-12-33(13-11-32)27(36)19-5-8-22(29)23(30)15-19;1-18-7-10-24-21(15-18)25(26(34(37)38)28(36)33(24)17-19-5-3-2-4-6-19)31-11-13-32(14-12-31)27(35)20-8-9-22(29)23(30)16-20;1-16-4-7-21-18(14-16)22(23(32(35)36)25(34)31(21)13-8-28(2)3)29-9-11-30(12-10-29)24(33)17-5-6-19(26)20(27)15-17/h2-9,14-15H,10-13,16H2,1H3;2-10,15-16H,11-14,17H2,1H3;4-7,14-15H,8-13H2,1-3H3. The smallest absolute Gasteiger partial charge is 0.357 e. The number of nitro groups is 3. The lowest BCUT2D eigenvalue weighted by atomic mass is 10.1. The molecule has 32 heteroatoms. The Kier molecular flexibility index (Phi) is 25.2. The molecule has 0 unspecified atom stereocenters. The van der Waals surface area contributed by atoms with E-state index in [9.17, 15) is 63.5 Å². The Morgan fingerprint density at radius 1 is 0.389 bits per heavy atom. The van der Waals surface area contributed by atoms with Gasteiger partial charge in [-0.1, -0.05) is 147 Å². The zero-order valence-corrected chi connectivity index (χ0v) is 66.3. The molecule has 14 rings (SSSR count). The van der Waals surface area contributed by atoms with Crippen molar-refractivity contribution < 1.29 is 33.5 Å². The number of aryl methyl sites for hydroxylation is 3. The summed E-state index contributed by atoms with van der Waals surface area (Å²) in [4.78, 5) is 127. The first kappa shape index (κ1) is 81.5. The van der Waals surface area contributed by atoms with Gasteiger partial charge in [-0.3, -0.25) is 68.2 Å². The van der Waals surface area contributed by atoms with E-state index in [1.807, 2.05) is 128 Å². The van der Waals surface area contributed by atoms with Gasteiger partial charge in [0.25, 0.3) is 17.7 Å². The molecule has 3 aliphatic heterocycles. The van der Waals surface area contributed by atoms with E-state index in [4.69, 9.17) is 69.6 Å². The monoisotopic (exact) mass is 1650 g/mol. The molecule has 113 heavy (non-hydrogen) atoms. The Morgan fingerprint density at radius 2 is 0.690 bits per heavy atom. The number of fused-ring (bicyclic) bond motifs is 3. The average molecular weight is 1650 g/mol. The van der Waals surface area contributed by atoms with Gasteiger partial charge >= 0.3 is 33.7 Å². The van der Waals surface area contributed by atoms with Gasteiger partial charge in [-0.25, -0.2) is 4.39 Å². The summed E-state index contributed by atoms with van der Waals surface area (Å²) in [5.41, 5.74) is 4.69. The molecule has 25 nitrogen and oxygen atoms in total. The summed E-state index contributed by atoms with van der Waals surface area (Å²) in [6, 6.07) is 45.9. The first-order valence-corrected chi connectivity index (χ1v) is 38.1. The van der Waals surface area contributed by atoms with Crippen LogP contribution in [0.15, 0.2) is 178 Å². The number of halogens is 7. The van der Waals surface area contributed by atoms with Gasteiger partial charge in [0.1, 0.15) is 22.9 Å². The maximum absolute atomic E-state index is 13.6. The molecule has 8 aromatic carbocycles. The minimum Gasteiger partial charge on any atom is -0.362 e. The van der Waals surface area contributed by atoms with Gasteiger partial charge in [-0.15, -0.1) is 0 Å². The van der Waals surface area contributed by atoms with E-state index < -0.39 is 54.3 Å². The number of hydrogen-bond donors (Lipinski definition) is 0. The molecule has 584 valence electrons. The van der Waals surface area contributed by atoms with Crippen LogP contribution in [-0.2, 0) is 19.6 Å². The summed E-state index contributed by atoms with van der Waals surface area (Å²) in [6.07, 6.45) is 0. The second kappa shape index (κ2) is 35.0. The van der Waals surface area contributed by atoms with Crippen LogP contribution in [0.4, 0.5) is 38.5 Å². The van der Waals surface area contributed by atoms with Crippen LogP contribution in [-0.4, -0.2) is 165 Å². The fourth-order valence-corrected chi connectivity index (χ4v) is 15.2. The fraction of sp³-hybridized carbons (Fsp3) is 0.259. The van der Waals surface area contributed by atoms with Gasteiger partial charge in [0, 0.05) is 124 Å². The molecule has 6 heterocycles. The molecule has 0 aliphatic carbocycles. The first-order valence-electron chi connectivity index (χ1n) is 35.8. The molecule has 11 aromatic rings. The van der Waals surface area contributed by atoms with E-state index >= 15 is 0 Å². The van der Waals surface area contributed by atoms with Gasteiger partial charge in [-0.2, -0.15) is 0 Å². The number of rotatable bonds is 16. The van der Waals surface area contributed by atoms with Crippen LogP contribution >= 0.6 is 69.6 Å². The van der Waals surface area contributed by atoms with Gasteiger partial charge < -0.3 is 38.9 Å². The highest BCUT2D eigenvalue weighted by Gasteiger charge is 2.37. The lowest BCUT2D eigenvalue weighted by Crippen LogP contribution is -2.49. The number of likely N-dealkylation sites (N-methyl/N-ethyl adjacent to an activating group) is 1. The van der Waals surface area contributed by atoms with Crippen molar-refractivity contribution in [2.45, 2.75) is 40.4 Å². The van der Waals surface area contributed by atoms with E-state index in [0.717, 1.165) is 22.3 Å². The maximum Gasteiger partial charge on any atom is 0.357 e. The van der Waals surface area contributed by atoms with Crippen LogP contribution in [0.5, 0.6) is 0 Å². The molecule has 0 atom stereocenters. The number of hydrogen-bond acceptors (Lipinski definition) is 16. The Bertz CT molecular complexity index is 5790. The third-order valence-electron chi connectivity index (χ3n) is 20.0. The molecule has 3 saturated heterocycles. The Morgan fingerprint density at radius 3 is 0.991 bits per heavy atom. The highest BCUT2D eigenvalue weighted by atomic mass is 35.5. The normalized spacial score (nSPS) is 13.8. The number of aromatic nitrogens is 3. The number of carbonyl (C=O) groups is 3. The number of benzene rings is 8. The van der Waals surface area contributed by atoms with Crippen molar-refractivity contribution in [3.8, 4) is 0 Å². The maximum atomic E-state index is 13.6. The second-order valence-electron chi connectivity index (χ2n) is 27.8. The molecule has 0 spiro atoms. The van der Waals surface area contributed by atoms with Gasteiger partial charge in [0.2, 0.25) is 0 Å². The molecular weight excluding hydrogens is 1580 g/mol. The molecule has 3 fully saturated rings. The summed E-state index contributed by atoms with van der Waals surface area (Å²) in [7, 11) is 3.78. The molecule has 0 N–H and O–H groups in total. The quantitative estimate of drug-likeness (QED) is 0.0642. The highest BCUT2D eigenvalue weighted by molar-refractivity contribution is 6.43. The number of pyridine rings is 3. The van der Waals surface area contributed by atoms with E-state index in [1.54, 1.807) is 74.2 Å². The zero-order chi connectivity index (χ0) is 81.0. The van der Waals surface area contributed by atoms with E-state index in [2.05, 4.69) is 0 Å². The SMILES string of the molecule is Cc1ccc2c(c1)c(N1CCN(C(=O)c3ccc(Cl)c(Cl)c3)CC1)c([N+](=O)[O-])c(=O)n2CCN(C)C.Cc1ccc2c(c1)c(N1CCN(C(=O)c3ccc(Cl)c(Cl)c3)CC1)c([N+](=O)[O-])c(=O)n2Cc1ccc(F)cc1.Cc1ccc2c(c1)c(N1CCN(C(=O)c3ccc(Cl)c(Cl)c3)CC1)c([N+](=O)[O-])c(=O)n2Cc1ccccc1. The predicted octanol–water partition coefficient (Wildman–Crippen LogP) is 15.3. The van der Waals surface area contributed by atoms with Gasteiger partial charge in [0.15, 0.2) is 0 Å². The predicted molar refractivity (Wildman–Crippen MR) is 442 cm³/mol. The van der Waals surface area contributed by atoms with Crippen LogP contribution in [0.2, 0.25) is 30.1 Å². The van der Waals surface area contributed by atoms with Crippen LogP contribution in [0.3, 0.4) is 0 Å². The van der Waals surface area contributed by atoms with Crippen molar-refractivity contribution in [1.82, 2.24) is 33.3 Å². The topological polar surface area (TPSA) is 269 Å². The lowest BCUT2D eigenvalue weighted by Gasteiger charge is -2.36. The Hall–Kier alpha value is -11.0. The number of carbonyl (C=O) groups excluding carboxylic acids is 3. The van der Waals surface area contributed by atoms with Crippen LogP contribution in [0.25, 0.3) is 32.7 Å². The molecule has 3 aliphatic rings. The third-order valence-corrected chi connectivity index (χ3v) is 22.2. The minimum absolute atomic E-state index is 0.0473. The molecule has 3 amide bonds. The van der Waals surface area contributed by atoms with E-state index in [-0.39, 0.29) is 41.5 Å². The average Bonchev–Trinajstić information content (AvgIpc) is 0.754. The molecule has 0 bridgehead atoms. The summed E-state index contributed by atoms with van der Waals surface area (Å²) in [6.45, 7) is 10.7. The molecule has 0 saturated carbocycles. The summed E-state index contributed by atoms with van der Waals surface area (Å²) in [5.74, 6) is -1.03.